The summed E-state index contributed by atoms with van der Waals surface area (Å²) in [6, 6.07) is 0. The molecule has 0 aromatic heterocycles. The van der Waals surface area contributed by atoms with Gasteiger partial charge in [-0.25, -0.2) is 0 Å². The Bertz CT molecular complexity index is 303. The number of rotatable bonds is 7. The van der Waals surface area contributed by atoms with Crippen molar-refractivity contribution in [3.05, 3.63) is 0 Å². The number of nitrogens with zero attached hydrogens (tertiary/aromatic N) is 1. The zero-order valence-electron chi connectivity index (χ0n) is 10.7. The average Bonchev–Trinajstić information content (AvgIpc) is 2.24. The lowest BCUT2D eigenvalue weighted by Gasteiger charge is -2.08. The lowest BCUT2D eigenvalue weighted by atomic mass is 10.4. The molecular weight excluding hydrogens is 254 g/mol. The van der Waals surface area contributed by atoms with E-state index in [0.29, 0.717) is 13.2 Å². The van der Waals surface area contributed by atoms with Crippen molar-refractivity contribution in [2.24, 2.45) is 16.5 Å². The summed E-state index contributed by atoms with van der Waals surface area (Å²) in [6.07, 6.45) is 0.969. The van der Waals surface area contributed by atoms with Crippen molar-refractivity contribution in [3.8, 4) is 0 Å². The third-order valence-corrected chi connectivity index (χ3v) is 2.44. The highest BCUT2D eigenvalue weighted by Crippen LogP contribution is 2.02. The smallest absolute Gasteiger partial charge is 0.230 e. The number of nitrogens with two attached hydrogens (primary N) is 2. The van der Waals surface area contributed by atoms with E-state index in [1.165, 1.54) is 0 Å². The Morgan fingerprint density at radius 2 is 2.17 bits per heavy atom. The second kappa shape index (κ2) is 9.72. The maximum Gasteiger partial charge on any atom is 0.230 e. The quantitative estimate of drug-likeness (QED) is 0.292. The van der Waals surface area contributed by atoms with E-state index in [1.54, 1.807) is 0 Å². The number of guanidine groups is 1. The molecule has 0 saturated heterocycles. The molecule has 0 aliphatic carbocycles. The van der Waals surface area contributed by atoms with Crippen molar-refractivity contribution in [2.75, 3.05) is 18.9 Å². The van der Waals surface area contributed by atoms with E-state index in [0.717, 1.165) is 18.2 Å². The molecule has 0 aliphatic rings. The van der Waals surface area contributed by atoms with E-state index in [-0.39, 0.29) is 28.9 Å². The Morgan fingerprint density at radius 1 is 1.50 bits per heavy atom. The second-order valence-electron chi connectivity index (χ2n) is 3.75. The molecule has 0 aromatic rings. The van der Waals surface area contributed by atoms with Crippen LogP contribution in [-0.4, -0.2) is 42.0 Å². The van der Waals surface area contributed by atoms with Crippen LogP contribution < -0.4 is 16.8 Å². The highest BCUT2D eigenvalue weighted by Gasteiger charge is 2.04. The van der Waals surface area contributed by atoms with E-state index in [4.69, 9.17) is 21.6 Å². The minimum Gasteiger partial charge on any atom is -0.379 e. The Hall–Kier alpha value is -1.28. The van der Waals surface area contributed by atoms with Gasteiger partial charge in [0.15, 0.2) is 11.1 Å². The number of carbonyl (C=O) groups excluding carboxylic acids is 1. The zero-order valence-corrected chi connectivity index (χ0v) is 11.5. The van der Waals surface area contributed by atoms with Crippen molar-refractivity contribution >= 4 is 28.8 Å². The van der Waals surface area contributed by atoms with E-state index in [9.17, 15) is 4.79 Å². The van der Waals surface area contributed by atoms with Gasteiger partial charge in [0.1, 0.15) is 0 Å². The molecular formula is C10H21N5O2S. The van der Waals surface area contributed by atoms with Crippen LogP contribution in [0.15, 0.2) is 4.99 Å². The van der Waals surface area contributed by atoms with Crippen LogP contribution in [0.2, 0.25) is 0 Å². The number of thioether (sulfide) groups is 1. The minimum absolute atomic E-state index is 0.0757. The second-order valence-corrected chi connectivity index (χ2v) is 4.72. The molecule has 0 spiro atoms. The predicted molar refractivity (Wildman–Crippen MR) is 74.7 cm³/mol. The Morgan fingerprint density at radius 3 is 2.72 bits per heavy atom. The number of hydrogen-bond acceptors (Lipinski definition) is 4. The first kappa shape index (κ1) is 16.7. The minimum atomic E-state index is -0.182. The number of ether oxygens (including phenoxy) is 1. The molecule has 0 bridgehead atoms. The highest BCUT2D eigenvalue weighted by molar-refractivity contribution is 8.14. The van der Waals surface area contributed by atoms with E-state index >= 15 is 0 Å². The van der Waals surface area contributed by atoms with Crippen LogP contribution in [0.4, 0.5) is 0 Å². The number of amidine groups is 1. The maximum atomic E-state index is 11.3. The lowest BCUT2D eigenvalue weighted by molar-refractivity contribution is -0.118. The summed E-state index contributed by atoms with van der Waals surface area (Å²) in [4.78, 5) is 14.8. The van der Waals surface area contributed by atoms with Crippen molar-refractivity contribution in [3.63, 3.8) is 0 Å². The highest BCUT2D eigenvalue weighted by atomic mass is 32.2. The van der Waals surface area contributed by atoms with E-state index < -0.39 is 0 Å². The number of aliphatic imine (C=N–C) groups is 1. The van der Waals surface area contributed by atoms with Gasteiger partial charge in [-0.2, -0.15) is 4.99 Å². The summed E-state index contributed by atoms with van der Waals surface area (Å²) < 4.78 is 5.33. The molecule has 8 heteroatoms. The molecule has 6 N–H and O–H groups in total. The molecule has 7 nitrogen and oxygen atoms in total. The van der Waals surface area contributed by atoms with Crippen LogP contribution in [0.3, 0.4) is 0 Å². The van der Waals surface area contributed by atoms with Gasteiger partial charge in [0.2, 0.25) is 5.91 Å². The molecule has 0 aliphatic heterocycles. The van der Waals surface area contributed by atoms with Gasteiger partial charge in [0, 0.05) is 13.2 Å². The number of nitrogens with one attached hydrogen (secondary N) is 2. The van der Waals surface area contributed by atoms with Crippen molar-refractivity contribution in [2.45, 2.75) is 26.4 Å². The van der Waals surface area contributed by atoms with Gasteiger partial charge in [-0.15, -0.1) is 0 Å². The molecule has 0 atom stereocenters. The maximum absolute atomic E-state index is 11.3. The summed E-state index contributed by atoms with van der Waals surface area (Å²) in [5.41, 5.74) is 10.2. The standard InChI is InChI=1S/C10H21N5O2S/c1-7(2)17-5-3-4-14-8(16)6-18-10(13)15-9(11)12/h7H,3-6H2,1-2H3,(H,14,16)(H5,11,12,13,15). The zero-order chi connectivity index (χ0) is 14.0. The third-order valence-electron chi connectivity index (χ3n) is 1.67. The first-order valence-corrected chi connectivity index (χ1v) is 6.59. The van der Waals surface area contributed by atoms with Crippen LogP contribution >= 0.6 is 11.8 Å². The molecule has 0 saturated carbocycles. The van der Waals surface area contributed by atoms with Crippen LogP contribution in [0.1, 0.15) is 20.3 Å². The summed E-state index contributed by atoms with van der Waals surface area (Å²) in [5, 5.41) is 9.96. The number of hydrogen-bond donors (Lipinski definition) is 4. The lowest BCUT2D eigenvalue weighted by Crippen LogP contribution is -2.28. The van der Waals surface area contributed by atoms with E-state index in [1.807, 2.05) is 13.8 Å². The Labute approximate surface area is 111 Å². The van der Waals surface area contributed by atoms with Gasteiger partial charge in [-0.3, -0.25) is 10.2 Å². The normalized spacial score (nSPS) is 10.2. The SMILES string of the molecule is CC(C)OCCCNC(=O)CSC(=N)N=C(N)N. The van der Waals surface area contributed by atoms with Crippen LogP contribution in [0, 0.1) is 5.41 Å². The summed E-state index contributed by atoms with van der Waals surface area (Å²) >= 11 is 0.974. The van der Waals surface area contributed by atoms with Crippen LogP contribution in [0.25, 0.3) is 0 Å². The monoisotopic (exact) mass is 275 g/mol. The molecule has 0 rings (SSSR count). The fraction of sp³-hybridized carbons (Fsp3) is 0.700. The van der Waals surface area contributed by atoms with Crippen LogP contribution in [0.5, 0.6) is 0 Å². The molecule has 0 radical (unpaired) electrons. The van der Waals surface area contributed by atoms with E-state index in [2.05, 4.69) is 10.3 Å². The summed E-state index contributed by atoms with van der Waals surface area (Å²) in [6.45, 7) is 5.10. The first-order valence-electron chi connectivity index (χ1n) is 5.61. The molecule has 104 valence electrons. The summed E-state index contributed by atoms with van der Waals surface area (Å²) in [5.74, 6) is -0.209. The van der Waals surface area contributed by atoms with Gasteiger partial charge in [0.25, 0.3) is 0 Å². The van der Waals surface area contributed by atoms with Crippen molar-refractivity contribution in [1.82, 2.24) is 5.32 Å². The van der Waals surface area contributed by atoms with Crippen molar-refractivity contribution < 1.29 is 9.53 Å². The average molecular weight is 275 g/mol. The Balaban J connectivity index is 3.55. The predicted octanol–water partition coefficient (Wildman–Crippen LogP) is -0.141. The topological polar surface area (TPSA) is 127 Å². The van der Waals surface area contributed by atoms with Crippen LogP contribution in [-0.2, 0) is 9.53 Å². The molecule has 1 amide bonds. The molecule has 0 fully saturated rings. The fourth-order valence-corrected chi connectivity index (χ4v) is 1.49. The molecule has 0 unspecified atom stereocenters. The third kappa shape index (κ3) is 11.2. The van der Waals surface area contributed by atoms with Gasteiger partial charge < -0.3 is 21.5 Å². The largest absolute Gasteiger partial charge is 0.379 e. The number of carbonyl (C=O) groups is 1. The number of amides is 1. The van der Waals surface area contributed by atoms with Crippen molar-refractivity contribution in [1.29, 1.82) is 5.41 Å². The molecule has 0 heterocycles. The Kier molecular flexibility index (Phi) is 9.03. The summed E-state index contributed by atoms with van der Waals surface area (Å²) in [7, 11) is 0. The molecule has 18 heavy (non-hydrogen) atoms. The van der Waals surface area contributed by atoms with Gasteiger partial charge in [0.05, 0.1) is 11.9 Å². The first-order chi connectivity index (χ1) is 8.41. The van der Waals surface area contributed by atoms with Gasteiger partial charge in [-0.1, -0.05) is 11.8 Å². The van der Waals surface area contributed by atoms with Gasteiger partial charge in [-0.05, 0) is 20.3 Å². The fourth-order valence-electron chi connectivity index (χ4n) is 0.953. The van der Waals surface area contributed by atoms with Gasteiger partial charge >= 0.3 is 0 Å². The molecule has 0 aromatic carbocycles.